The van der Waals surface area contributed by atoms with E-state index in [1.807, 2.05) is 25.3 Å². The Morgan fingerprint density at radius 1 is 1.36 bits per heavy atom. The molecule has 1 unspecified atom stereocenters. The monoisotopic (exact) mass is 471 g/mol. The fourth-order valence-corrected chi connectivity index (χ4v) is 4.12. The van der Waals surface area contributed by atoms with Gasteiger partial charge in [0, 0.05) is 51.1 Å². The molecule has 0 spiro atoms. The van der Waals surface area contributed by atoms with E-state index in [9.17, 15) is 9.65 Å². The fraction of sp³-hybridized carbons (Fsp3) is 0.455. The van der Waals surface area contributed by atoms with E-state index in [4.69, 9.17) is 9.47 Å². The summed E-state index contributed by atoms with van der Waals surface area (Å²) in [7, 11) is 3.59. The first kappa shape index (κ1) is 23.2. The minimum atomic E-state index is -0.464. The molecule has 2 aromatic heterocycles. The maximum absolute atomic E-state index is 15.0. The van der Waals surface area contributed by atoms with E-state index in [0.717, 1.165) is 5.69 Å². The van der Waals surface area contributed by atoms with E-state index >= 15 is 0 Å². The van der Waals surface area contributed by atoms with Crippen molar-refractivity contribution in [3.05, 3.63) is 40.8 Å². The average Bonchev–Trinajstić information content (AvgIpc) is 3.22. The van der Waals surface area contributed by atoms with Crippen LogP contribution in [0.2, 0.25) is 0 Å². The third kappa shape index (κ3) is 5.03. The third-order valence-electron chi connectivity index (χ3n) is 5.40. The Morgan fingerprint density at radius 3 is 2.91 bits per heavy atom. The number of aromatic nitrogens is 4. The number of fused-ring (bicyclic) bond motifs is 1. The van der Waals surface area contributed by atoms with Crippen LogP contribution in [0, 0.1) is 24.1 Å². The largest absolute Gasteiger partial charge is 0.475 e. The van der Waals surface area contributed by atoms with Crippen LogP contribution in [0.3, 0.4) is 0 Å². The summed E-state index contributed by atoms with van der Waals surface area (Å²) >= 11 is 1.44. The number of ether oxygens (including phenoxy) is 2. The van der Waals surface area contributed by atoms with Gasteiger partial charge in [0.15, 0.2) is 0 Å². The second-order valence-corrected chi connectivity index (χ2v) is 8.80. The summed E-state index contributed by atoms with van der Waals surface area (Å²) < 4.78 is 28.5. The summed E-state index contributed by atoms with van der Waals surface area (Å²) in [6.07, 6.45) is 1.72. The molecule has 0 radical (unpaired) electrons. The zero-order valence-corrected chi connectivity index (χ0v) is 19.9. The van der Waals surface area contributed by atoms with E-state index < -0.39 is 5.82 Å². The molecule has 1 saturated heterocycles. The summed E-state index contributed by atoms with van der Waals surface area (Å²) in [6.45, 7) is 4.36. The molecule has 0 amide bonds. The minimum absolute atomic E-state index is 0.0696. The molecule has 1 aliphatic rings. The Morgan fingerprint density at radius 2 is 2.18 bits per heavy atom. The van der Waals surface area contributed by atoms with Gasteiger partial charge in [0.25, 0.3) is 5.78 Å². The van der Waals surface area contributed by atoms with Crippen molar-refractivity contribution in [3.63, 3.8) is 0 Å². The van der Waals surface area contributed by atoms with Crippen molar-refractivity contribution in [2.24, 2.45) is 0 Å². The number of anilines is 1. The molecule has 4 rings (SSSR count). The van der Waals surface area contributed by atoms with Crippen LogP contribution in [0.15, 0.2) is 23.4 Å². The molecule has 1 fully saturated rings. The standard InChI is InChI=1S/C22H26FN7O2S/c1-14-9-19(30-21(25-14)26-22(27-30)33-4)32-13-16-12-29(7-8-31-16)11-15-5-6-18(28(2)3)17(10-24)20(15)23/h5-6,9,16H,7-8,11-13H2,1-4H3. The highest BCUT2D eigenvalue weighted by Crippen LogP contribution is 2.25. The van der Waals surface area contributed by atoms with Crippen LogP contribution < -0.4 is 9.64 Å². The van der Waals surface area contributed by atoms with Crippen molar-refractivity contribution in [3.8, 4) is 11.9 Å². The van der Waals surface area contributed by atoms with Crippen molar-refractivity contribution >= 4 is 23.2 Å². The highest BCUT2D eigenvalue weighted by Gasteiger charge is 2.24. The maximum Gasteiger partial charge on any atom is 0.256 e. The van der Waals surface area contributed by atoms with Crippen molar-refractivity contribution in [1.29, 1.82) is 5.26 Å². The number of aryl methyl sites for hydroxylation is 1. The van der Waals surface area contributed by atoms with Gasteiger partial charge in [-0.15, -0.1) is 5.10 Å². The Kier molecular flexibility index (Phi) is 6.97. The van der Waals surface area contributed by atoms with E-state index in [-0.39, 0.29) is 11.7 Å². The van der Waals surface area contributed by atoms with Crippen molar-refractivity contribution in [1.82, 2.24) is 24.5 Å². The van der Waals surface area contributed by atoms with Gasteiger partial charge >= 0.3 is 0 Å². The molecule has 0 saturated carbocycles. The summed E-state index contributed by atoms with van der Waals surface area (Å²) in [5.41, 5.74) is 1.93. The smallest absolute Gasteiger partial charge is 0.256 e. The fourth-order valence-electron chi connectivity index (χ4n) is 3.78. The predicted molar refractivity (Wildman–Crippen MR) is 123 cm³/mol. The SMILES string of the molecule is CSc1nc2nc(C)cc(OCC3CN(Cc4ccc(N(C)C)c(C#N)c4F)CCO3)n2n1. The molecule has 33 heavy (non-hydrogen) atoms. The number of nitriles is 1. The summed E-state index contributed by atoms with van der Waals surface area (Å²) in [5, 5.41) is 14.5. The van der Waals surface area contributed by atoms with Gasteiger partial charge in [-0.3, -0.25) is 4.90 Å². The molecule has 1 aromatic carbocycles. The average molecular weight is 472 g/mol. The topological polar surface area (TPSA) is 91.8 Å². The second kappa shape index (κ2) is 9.91. The molecule has 9 nitrogen and oxygen atoms in total. The number of rotatable bonds is 7. The van der Waals surface area contributed by atoms with Gasteiger partial charge in [0.05, 0.1) is 12.3 Å². The zero-order chi connectivity index (χ0) is 23.5. The Hall–Kier alpha value is -2.94. The van der Waals surface area contributed by atoms with E-state index in [1.165, 1.54) is 11.8 Å². The predicted octanol–water partition coefficient (Wildman–Crippen LogP) is 2.51. The summed E-state index contributed by atoms with van der Waals surface area (Å²) in [4.78, 5) is 12.6. The van der Waals surface area contributed by atoms with Crippen molar-refractivity contribution in [2.75, 3.05) is 51.6 Å². The summed E-state index contributed by atoms with van der Waals surface area (Å²) in [6, 6.07) is 7.35. The van der Waals surface area contributed by atoms with E-state index in [2.05, 4.69) is 20.0 Å². The number of hydrogen-bond donors (Lipinski definition) is 0. The normalized spacial score (nSPS) is 16.7. The van der Waals surface area contributed by atoms with Gasteiger partial charge in [0.1, 0.15) is 30.2 Å². The lowest BCUT2D eigenvalue weighted by atomic mass is 10.1. The van der Waals surface area contributed by atoms with Gasteiger partial charge in [0.2, 0.25) is 11.0 Å². The molecule has 3 heterocycles. The lowest BCUT2D eigenvalue weighted by Gasteiger charge is -2.33. The number of morpholine rings is 1. The maximum atomic E-state index is 15.0. The lowest BCUT2D eigenvalue weighted by Crippen LogP contribution is -2.44. The Balaban J connectivity index is 1.43. The van der Waals surface area contributed by atoms with E-state index in [1.54, 1.807) is 35.6 Å². The molecular formula is C22H26FN7O2S. The van der Waals surface area contributed by atoms with Crippen molar-refractivity contribution in [2.45, 2.75) is 24.7 Å². The molecule has 0 N–H and O–H groups in total. The van der Waals surface area contributed by atoms with Crippen LogP contribution in [0.1, 0.15) is 16.8 Å². The number of thioether (sulfide) groups is 1. The molecule has 1 atom stereocenters. The summed E-state index contributed by atoms with van der Waals surface area (Å²) in [5.74, 6) is 0.578. The zero-order valence-electron chi connectivity index (χ0n) is 19.1. The van der Waals surface area contributed by atoms with Crippen LogP contribution >= 0.6 is 11.8 Å². The lowest BCUT2D eigenvalue weighted by molar-refractivity contribution is -0.0515. The van der Waals surface area contributed by atoms with Gasteiger partial charge < -0.3 is 14.4 Å². The first-order valence-corrected chi connectivity index (χ1v) is 11.8. The van der Waals surface area contributed by atoms with Crippen LogP contribution in [-0.4, -0.2) is 77.2 Å². The highest BCUT2D eigenvalue weighted by molar-refractivity contribution is 7.98. The number of benzene rings is 1. The van der Waals surface area contributed by atoms with Crippen molar-refractivity contribution < 1.29 is 13.9 Å². The number of nitrogens with zero attached hydrogens (tertiary/aromatic N) is 7. The number of hydrogen-bond acceptors (Lipinski definition) is 9. The van der Waals surface area contributed by atoms with Gasteiger partial charge in [-0.05, 0) is 19.2 Å². The molecule has 0 bridgehead atoms. The first-order valence-electron chi connectivity index (χ1n) is 10.5. The molecular weight excluding hydrogens is 445 g/mol. The molecule has 3 aromatic rings. The van der Waals surface area contributed by atoms with Gasteiger partial charge in [-0.2, -0.15) is 14.8 Å². The molecule has 11 heteroatoms. The Labute approximate surface area is 196 Å². The van der Waals surface area contributed by atoms with E-state index in [0.29, 0.717) is 60.9 Å². The highest BCUT2D eigenvalue weighted by atomic mass is 32.2. The van der Waals surface area contributed by atoms with Crippen LogP contribution in [0.25, 0.3) is 5.78 Å². The van der Waals surface area contributed by atoms with Crippen LogP contribution in [0.5, 0.6) is 5.88 Å². The quantitative estimate of drug-likeness (QED) is 0.482. The minimum Gasteiger partial charge on any atom is -0.475 e. The third-order valence-corrected chi connectivity index (χ3v) is 5.94. The van der Waals surface area contributed by atoms with Gasteiger partial charge in [-0.1, -0.05) is 17.8 Å². The van der Waals surface area contributed by atoms with Gasteiger partial charge in [-0.25, -0.2) is 9.37 Å². The van der Waals surface area contributed by atoms with Crippen LogP contribution in [-0.2, 0) is 11.3 Å². The number of halogens is 1. The van der Waals surface area contributed by atoms with Crippen LogP contribution in [0.4, 0.5) is 10.1 Å². The first-order chi connectivity index (χ1) is 15.9. The second-order valence-electron chi connectivity index (χ2n) is 8.02. The molecule has 1 aliphatic heterocycles. The molecule has 0 aliphatic carbocycles. The molecule has 174 valence electrons. The Bertz CT molecular complexity index is 1190.